The van der Waals surface area contributed by atoms with E-state index < -0.39 is 0 Å². The van der Waals surface area contributed by atoms with Gasteiger partial charge in [0.2, 0.25) is 5.91 Å². The zero-order valence-corrected chi connectivity index (χ0v) is 17.7. The van der Waals surface area contributed by atoms with Crippen LogP contribution in [0.3, 0.4) is 0 Å². The number of hydrogen-bond donors (Lipinski definition) is 1. The van der Waals surface area contributed by atoms with E-state index in [0.29, 0.717) is 17.5 Å². The number of carbonyl (C=O) groups excluding carboxylic acids is 1. The van der Waals surface area contributed by atoms with Gasteiger partial charge in [0, 0.05) is 35.5 Å². The molecular weight excluding hydrogens is 398 g/mol. The molecule has 0 saturated heterocycles. The predicted molar refractivity (Wildman–Crippen MR) is 116 cm³/mol. The zero-order chi connectivity index (χ0) is 21.1. The summed E-state index contributed by atoms with van der Waals surface area (Å²) in [6.45, 7) is 6.18. The Bertz CT molecular complexity index is 1150. The molecule has 30 heavy (non-hydrogen) atoms. The molecule has 0 fully saturated rings. The van der Waals surface area contributed by atoms with Gasteiger partial charge in [-0.15, -0.1) is 11.3 Å². The van der Waals surface area contributed by atoms with Gasteiger partial charge in [-0.3, -0.25) is 9.78 Å². The van der Waals surface area contributed by atoms with E-state index in [4.69, 9.17) is 0 Å². The smallest absolute Gasteiger partial charge is 0.252 e. The summed E-state index contributed by atoms with van der Waals surface area (Å²) in [5, 5.41) is 10.2. The van der Waals surface area contributed by atoms with Crippen LogP contribution in [0.15, 0.2) is 54.3 Å². The van der Waals surface area contributed by atoms with Crippen LogP contribution in [0.5, 0.6) is 0 Å². The Morgan fingerprint density at radius 1 is 1.10 bits per heavy atom. The Morgan fingerprint density at radius 2 is 1.87 bits per heavy atom. The molecule has 0 aromatic carbocycles. The Balaban J connectivity index is 1.55. The summed E-state index contributed by atoms with van der Waals surface area (Å²) in [6.07, 6.45) is 5.15. The fourth-order valence-electron chi connectivity index (χ4n) is 2.74. The Hall–Kier alpha value is -3.46. The van der Waals surface area contributed by atoms with Crippen LogP contribution in [0.4, 0.5) is 5.82 Å². The fraction of sp³-hybridized carbons (Fsp3) is 0.238. The van der Waals surface area contributed by atoms with Crippen LogP contribution in [0, 0.1) is 0 Å². The molecule has 1 amide bonds. The third-order valence-corrected chi connectivity index (χ3v) is 5.18. The summed E-state index contributed by atoms with van der Waals surface area (Å²) in [7, 11) is 0. The van der Waals surface area contributed by atoms with Crippen LogP contribution in [0.25, 0.3) is 16.6 Å². The highest BCUT2D eigenvalue weighted by molar-refractivity contribution is 7.13. The number of amides is 1. The standard InChI is InChI=1S/C21H21N7OS/c1-21(2,3)16-12-17(28(27-16)20-23-9-6-10-24-20)26-18(29)11-14-13-30-19(25-14)15-7-4-5-8-22-15/h4-10,12-13H,11H2,1-3H3,(H,26,29). The van der Waals surface area contributed by atoms with Crippen LogP contribution >= 0.6 is 11.3 Å². The van der Waals surface area contributed by atoms with Crippen molar-refractivity contribution in [3.05, 3.63) is 65.7 Å². The molecule has 0 aliphatic carbocycles. The average Bonchev–Trinajstić information content (AvgIpc) is 3.36. The molecule has 0 radical (unpaired) electrons. The number of anilines is 1. The number of rotatable bonds is 5. The number of nitrogens with zero attached hydrogens (tertiary/aromatic N) is 6. The van der Waals surface area contributed by atoms with E-state index >= 15 is 0 Å². The molecule has 1 N–H and O–H groups in total. The predicted octanol–water partition coefficient (Wildman–Crippen LogP) is 3.66. The minimum atomic E-state index is -0.189. The highest BCUT2D eigenvalue weighted by Crippen LogP contribution is 2.26. The van der Waals surface area contributed by atoms with Gasteiger partial charge in [-0.1, -0.05) is 26.8 Å². The van der Waals surface area contributed by atoms with Crippen LogP contribution in [-0.2, 0) is 16.6 Å². The fourth-order valence-corrected chi connectivity index (χ4v) is 3.53. The lowest BCUT2D eigenvalue weighted by Gasteiger charge is -2.13. The van der Waals surface area contributed by atoms with Gasteiger partial charge in [-0.25, -0.2) is 15.0 Å². The Kier molecular flexibility index (Phi) is 5.37. The first kappa shape index (κ1) is 19.8. The normalized spacial score (nSPS) is 11.4. The lowest BCUT2D eigenvalue weighted by Crippen LogP contribution is -2.18. The van der Waals surface area contributed by atoms with Crippen molar-refractivity contribution in [2.24, 2.45) is 0 Å². The molecule has 0 atom stereocenters. The second kappa shape index (κ2) is 8.11. The van der Waals surface area contributed by atoms with Crippen molar-refractivity contribution >= 4 is 23.1 Å². The third kappa shape index (κ3) is 4.41. The second-order valence-electron chi connectivity index (χ2n) is 7.71. The molecule has 4 rings (SSSR count). The van der Waals surface area contributed by atoms with Crippen molar-refractivity contribution < 1.29 is 4.79 Å². The SMILES string of the molecule is CC(C)(C)c1cc(NC(=O)Cc2csc(-c3ccccn3)n2)n(-c2ncccn2)n1. The first-order valence-electron chi connectivity index (χ1n) is 9.44. The maximum absolute atomic E-state index is 12.7. The number of thiazole rings is 1. The highest BCUT2D eigenvalue weighted by Gasteiger charge is 2.22. The summed E-state index contributed by atoms with van der Waals surface area (Å²) >= 11 is 1.47. The summed E-state index contributed by atoms with van der Waals surface area (Å²) in [5.74, 6) is 0.733. The molecule has 4 heterocycles. The third-order valence-electron chi connectivity index (χ3n) is 4.26. The van der Waals surface area contributed by atoms with Gasteiger partial charge in [0.15, 0.2) is 0 Å². The van der Waals surface area contributed by atoms with E-state index in [-0.39, 0.29) is 17.7 Å². The number of carbonyl (C=O) groups is 1. The molecule has 4 aromatic heterocycles. The maximum atomic E-state index is 12.7. The number of hydrogen-bond acceptors (Lipinski definition) is 7. The van der Waals surface area contributed by atoms with Gasteiger partial charge >= 0.3 is 0 Å². The topological polar surface area (TPSA) is 98.5 Å². The van der Waals surface area contributed by atoms with E-state index in [1.54, 1.807) is 29.3 Å². The van der Waals surface area contributed by atoms with Crippen molar-refractivity contribution in [2.75, 3.05) is 5.32 Å². The zero-order valence-electron chi connectivity index (χ0n) is 16.9. The van der Waals surface area contributed by atoms with Gasteiger partial charge in [0.25, 0.3) is 5.95 Å². The molecule has 152 valence electrons. The van der Waals surface area contributed by atoms with E-state index in [0.717, 1.165) is 16.4 Å². The van der Waals surface area contributed by atoms with E-state index in [9.17, 15) is 4.79 Å². The quantitative estimate of drug-likeness (QED) is 0.530. The van der Waals surface area contributed by atoms with Crippen LogP contribution in [0.1, 0.15) is 32.2 Å². The summed E-state index contributed by atoms with van der Waals surface area (Å²) in [5.41, 5.74) is 2.13. The number of aromatic nitrogens is 6. The van der Waals surface area contributed by atoms with Gasteiger partial charge in [-0.2, -0.15) is 9.78 Å². The van der Waals surface area contributed by atoms with Gasteiger partial charge in [0.1, 0.15) is 10.8 Å². The lowest BCUT2D eigenvalue weighted by atomic mass is 9.92. The summed E-state index contributed by atoms with van der Waals surface area (Å²) in [4.78, 5) is 30.1. The second-order valence-corrected chi connectivity index (χ2v) is 8.57. The first-order chi connectivity index (χ1) is 14.4. The molecule has 0 saturated carbocycles. The average molecular weight is 420 g/mol. The molecule has 0 aliphatic rings. The van der Waals surface area contributed by atoms with Crippen molar-refractivity contribution in [1.29, 1.82) is 0 Å². The van der Waals surface area contributed by atoms with Crippen molar-refractivity contribution in [1.82, 2.24) is 29.7 Å². The number of nitrogens with one attached hydrogen (secondary N) is 1. The Labute approximate surface area is 178 Å². The Morgan fingerprint density at radius 3 is 2.57 bits per heavy atom. The van der Waals surface area contributed by atoms with E-state index in [1.165, 1.54) is 11.3 Å². The highest BCUT2D eigenvalue weighted by atomic mass is 32.1. The summed E-state index contributed by atoms with van der Waals surface area (Å²) < 4.78 is 1.55. The molecule has 4 aromatic rings. The molecule has 0 spiro atoms. The van der Waals surface area contributed by atoms with Gasteiger partial charge < -0.3 is 5.32 Å². The molecule has 0 aliphatic heterocycles. The maximum Gasteiger partial charge on any atom is 0.252 e. The summed E-state index contributed by atoms with van der Waals surface area (Å²) in [6, 6.07) is 9.26. The largest absolute Gasteiger partial charge is 0.310 e. The van der Waals surface area contributed by atoms with Gasteiger partial charge in [0.05, 0.1) is 23.5 Å². The van der Waals surface area contributed by atoms with Crippen LogP contribution < -0.4 is 5.32 Å². The van der Waals surface area contributed by atoms with Crippen LogP contribution in [-0.4, -0.2) is 35.6 Å². The molecule has 8 nitrogen and oxygen atoms in total. The van der Waals surface area contributed by atoms with Gasteiger partial charge in [-0.05, 0) is 18.2 Å². The van der Waals surface area contributed by atoms with Crippen molar-refractivity contribution in [2.45, 2.75) is 32.6 Å². The minimum absolute atomic E-state index is 0.148. The molecular formula is C21H21N7OS. The van der Waals surface area contributed by atoms with Crippen LogP contribution in [0.2, 0.25) is 0 Å². The van der Waals surface area contributed by atoms with E-state index in [2.05, 4.69) is 51.1 Å². The monoisotopic (exact) mass is 419 g/mol. The lowest BCUT2D eigenvalue weighted by molar-refractivity contribution is -0.115. The molecule has 9 heteroatoms. The minimum Gasteiger partial charge on any atom is -0.310 e. The van der Waals surface area contributed by atoms with E-state index in [1.807, 2.05) is 29.6 Å². The molecule has 0 bridgehead atoms. The van der Waals surface area contributed by atoms with Crippen molar-refractivity contribution in [3.63, 3.8) is 0 Å². The first-order valence-corrected chi connectivity index (χ1v) is 10.3. The molecule has 0 unspecified atom stereocenters. The number of pyridine rings is 1. The van der Waals surface area contributed by atoms with Crippen molar-refractivity contribution in [3.8, 4) is 16.6 Å².